The summed E-state index contributed by atoms with van der Waals surface area (Å²) in [6, 6.07) is 9.19. The van der Waals surface area contributed by atoms with Crippen molar-refractivity contribution in [3.05, 3.63) is 36.7 Å². The van der Waals surface area contributed by atoms with Crippen LogP contribution in [0.2, 0.25) is 0 Å². The average molecular weight is 241 g/mol. The highest BCUT2D eigenvalue weighted by molar-refractivity contribution is 5.93. The lowest BCUT2D eigenvalue weighted by Crippen LogP contribution is -2.50. The second kappa shape index (κ2) is 4.94. The summed E-state index contributed by atoms with van der Waals surface area (Å²) in [4.78, 5) is 6.75. The zero-order valence-electron chi connectivity index (χ0n) is 10.8. The van der Waals surface area contributed by atoms with E-state index in [0.29, 0.717) is 6.04 Å². The molecule has 2 heterocycles. The highest BCUT2D eigenvalue weighted by atomic mass is 15.2. The van der Waals surface area contributed by atoms with Gasteiger partial charge in [0.05, 0.1) is 0 Å². The van der Waals surface area contributed by atoms with Gasteiger partial charge in [-0.1, -0.05) is 19.1 Å². The predicted molar refractivity (Wildman–Crippen MR) is 76.0 cm³/mol. The van der Waals surface area contributed by atoms with Crippen LogP contribution in [-0.2, 0) is 0 Å². The molecular formula is C15H19N3. The van der Waals surface area contributed by atoms with Crippen LogP contribution in [0.1, 0.15) is 13.3 Å². The van der Waals surface area contributed by atoms with Crippen LogP contribution < -0.4 is 10.2 Å². The third-order valence-electron chi connectivity index (χ3n) is 3.75. The maximum atomic E-state index is 4.27. The first-order valence-electron chi connectivity index (χ1n) is 6.69. The van der Waals surface area contributed by atoms with Crippen molar-refractivity contribution in [2.75, 3.05) is 24.5 Å². The number of nitrogens with zero attached hydrogens (tertiary/aromatic N) is 2. The van der Waals surface area contributed by atoms with Crippen LogP contribution in [0.15, 0.2) is 36.7 Å². The van der Waals surface area contributed by atoms with E-state index in [9.17, 15) is 0 Å². The molecule has 0 spiro atoms. The summed E-state index contributed by atoms with van der Waals surface area (Å²) in [5.74, 6) is 0. The Morgan fingerprint density at radius 3 is 3.22 bits per heavy atom. The average Bonchev–Trinajstić information content (AvgIpc) is 2.47. The lowest BCUT2D eigenvalue weighted by Gasteiger charge is -2.35. The van der Waals surface area contributed by atoms with Gasteiger partial charge in [0.2, 0.25) is 0 Å². The minimum atomic E-state index is 0.602. The highest BCUT2D eigenvalue weighted by Crippen LogP contribution is 2.26. The van der Waals surface area contributed by atoms with E-state index < -0.39 is 0 Å². The van der Waals surface area contributed by atoms with E-state index in [0.717, 1.165) is 19.6 Å². The molecule has 1 aliphatic heterocycles. The van der Waals surface area contributed by atoms with Crippen LogP contribution in [-0.4, -0.2) is 30.7 Å². The number of aromatic nitrogens is 1. The fraction of sp³-hybridized carbons (Fsp3) is 0.400. The van der Waals surface area contributed by atoms with Crippen LogP contribution in [0.25, 0.3) is 10.8 Å². The molecule has 1 aromatic carbocycles. The molecule has 0 saturated carbocycles. The second-order valence-corrected chi connectivity index (χ2v) is 4.88. The van der Waals surface area contributed by atoms with Crippen molar-refractivity contribution in [2.24, 2.45) is 0 Å². The Balaban J connectivity index is 1.98. The first-order valence-corrected chi connectivity index (χ1v) is 6.69. The topological polar surface area (TPSA) is 28.2 Å². The molecule has 18 heavy (non-hydrogen) atoms. The van der Waals surface area contributed by atoms with Gasteiger partial charge in [-0.05, 0) is 23.9 Å². The smallest absolute Gasteiger partial charge is 0.0462 e. The molecule has 94 valence electrons. The molecule has 1 saturated heterocycles. The number of hydrogen-bond donors (Lipinski definition) is 1. The molecule has 1 atom stereocenters. The molecule has 0 radical (unpaired) electrons. The molecule has 1 aliphatic rings. The van der Waals surface area contributed by atoms with Crippen molar-refractivity contribution in [3.8, 4) is 0 Å². The SMILES string of the molecule is CCC1CN(c2cccc3ccncc23)CCN1. The Labute approximate surface area is 108 Å². The van der Waals surface area contributed by atoms with Gasteiger partial charge in [0.25, 0.3) is 0 Å². The van der Waals surface area contributed by atoms with Crippen LogP contribution in [0.4, 0.5) is 5.69 Å². The molecule has 1 N–H and O–H groups in total. The van der Waals surface area contributed by atoms with Crippen molar-refractivity contribution in [1.82, 2.24) is 10.3 Å². The molecule has 0 bridgehead atoms. The van der Waals surface area contributed by atoms with Gasteiger partial charge in [-0.15, -0.1) is 0 Å². The highest BCUT2D eigenvalue weighted by Gasteiger charge is 2.19. The fourth-order valence-corrected chi connectivity index (χ4v) is 2.69. The third kappa shape index (κ3) is 2.06. The maximum Gasteiger partial charge on any atom is 0.0462 e. The Morgan fingerprint density at radius 1 is 1.39 bits per heavy atom. The van der Waals surface area contributed by atoms with Crippen molar-refractivity contribution in [1.29, 1.82) is 0 Å². The van der Waals surface area contributed by atoms with Gasteiger partial charge >= 0.3 is 0 Å². The Hall–Kier alpha value is -1.61. The van der Waals surface area contributed by atoms with Gasteiger partial charge in [0.1, 0.15) is 0 Å². The molecule has 1 unspecified atom stereocenters. The van der Waals surface area contributed by atoms with E-state index in [1.165, 1.54) is 22.9 Å². The molecule has 0 aliphatic carbocycles. The monoisotopic (exact) mass is 241 g/mol. The number of hydrogen-bond acceptors (Lipinski definition) is 3. The number of rotatable bonds is 2. The molecule has 3 heteroatoms. The minimum absolute atomic E-state index is 0.602. The molecule has 0 amide bonds. The number of benzene rings is 1. The maximum absolute atomic E-state index is 4.27. The van der Waals surface area contributed by atoms with Crippen molar-refractivity contribution in [3.63, 3.8) is 0 Å². The summed E-state index contributed by atoms with van der Waals surface area (Å²) in [5, 5.41) is 6.09. The molecule has 1 aromatic heterocycles. The van der Waals surface area contributed by atoms with Crippen LogP contribution in [0.3, 0.4) is 0 Å². The zero-order valence-corrected chi connectivity index (χ0v) is 10.8. The number of fused-ring (bicyclic) bond motifs is 1. The quantitative estimate of drug-likeness (QED) is 0.875. The summed E-state index contributed by atoms with van der Waals surface area (Å²) in [5.41, 5.74) is 1.32. The van der Waals surface area contributed by atoms with Crippen molar-refractivity contribution < 1.29 is 0 Å². The van der Waals surface area contributed by atoms with Crippen LogP contribution >= 0.6 is 0 Å². The molecule has 1 fully saturated rings. The van der Waals surface area contributed by atoms with Gasteiger partial charge in [0.15, 0.2) is 0 Å². The molecule has 2 aromatic rings. The van der Waals surface area contributed by atoms with E-state index in [4.69, 9.17) is 0 Å². The largest absolute Gasteiger partial charge is 0.368 e. The summed E-state index contributed by atoms with van der Waals surface area (Å²) in [6.07, 6.45) is 5.02. The number of anilines is 1. The third-order valence-corrected chi connectivity index (χ3v) is 3.75. The molecule has 3 nitrogen and oxygen atoms in total. The molecular weight excluding hydrogens is 222 g/mol. The fourth-order valence-electron chi connectivity index (χ4n) is 2.69. The minimum Gasteiger partial charge on any atom is -0.368 e. The number of piperazine rings is 1. The van der Waals surface area contributed by atoms with E-state index in [-0.39, 0.29) is 0 Å². The second-order valence-electron chi connectivity index (χ2n) is 4.88. The molecule has 3 rings (SSSR count). The van der Waals surface area contributed by atoms with E-state index in [1.807, 2.05) is 12.4 Å². The first-order chi connectivity index (χ1) is 8.88. The number of nitrogens with one attached hydrogen (secondary N) is 1. The van der Waals surface area contributed by atoms with Gasteiger partial charge < -0.3 is 10.2 Å². The van der Waals surface area contributed by atoms with E-state index >= 15 is 0 Å². The Kier molecular flexibility index (Phi) is 3.15. The van der Waals surface area contributed by atoms with E-state index in [1.54, 1.807) is 0 Å². The van der Waals surface area contributed by atoms with E-state index in [2.05, 4.69) is 46.4 Å². The lowest BCUT2D eigenvalue weighted by atomic mass is 10.1. The summed E-state index contributed by atoms with van der Waals surface area (Å²) < 4.78 is 0. The van der Waals surface area contributed by atoms with Gasteiger partial charge in [-0.25, -0.2) is 0 Å². The summed E-state index contributed by atoms with van der Waals surface area (Å²) in [6.45, 7) is 5.47. The van der Waals surface area contributed by atoms with Gasteiger partial charge in [0, 0.05) is 49.1 Å². The Bertz CT molecular complexity index is 533. The normalized spacial score (nSPS) is 20.3. The van der Waals surface area contributed by atoms with Crippen LogP contribution in [0.5, 0.6) is 0 Å². The summed E-state index contributed by atoms with van der Waals surface area (Å²) >= 11 is 0. The van der Waals surface area contributed by atoms with Gasteiger partial charge in [-0.3, -0.25) is 4.98 Å². The van der Waals surface area contributed by atoms with Gasteiger partial charge in [-0.2, -0.15) is 0 Å². The lowest BCUT2D eigenvalue weighted by molar-refractivity contribution is 0.447. The first kappa shape index (κ1) is 11.5. The van der Waals surface area contributed by atoms with Crippen LogP contribution in [0, 0.1) is 0 Å². The zero-order chi connectivity index (χ0) is 12.4. The van der Waals surface area contributed by atoms with Crippen molar-refractivity contribution in [2.45, 2.75) is 19.4 Å². The standard InChI is InChI=1S/C15H19N3/c1-2-13-11-18(9-8-17-13)15-5-3-4-12-6-7-16-10-14(12)15/h3-7,10,13,17H,2,8-9,11H2,1H3. The van der Waals surface area contributed by atoms with Crippen molar-refractivity contribution >= 4 is 16.5 Å². The predicted octanol–water partition coefficient (Wildman–Crippen LogP) is 2.42. The number of pyridine rings is 1. The Morgan fingerprint density at radius 2 is 2.33 bits per heavy atom. The summed E-state index contributed by atoms with van der Waals surface area (Å²) in [7, 11) is 0.